The van der Waals surface area contributed by atoms with Crippen LogP contribution in [-0.4, -0.2) is 26.8 Å². The normalized spacial score (nSPS) is 11.3. The van der Waals surface area contributed by atoms with Gasteiger partial charge in [0.2, 0.25) is 0 Å². The number of benzene rings is 4. The Balaban J connectivity index is 1.55. The number of halogens is 2. The summed E-state index contributed by atoms with van der Waals surface area (Å²) in [5, 5.41) is 1.63. The Labute approximate surface area is 225 Å². The van der Waals surface area contributed by atoms with Gasteiger partial charge in [-0.2, -0.15) is 0 Å². The Kier molecular flexibility index (Phi) is 8.17. The van der Waals surface area contributed by atoms with Crippen molar-refractivity contribution in [3.05, 3.63) is 106 Å². The number of rotatable bonds is 9. The maximum Gasteiger partial charge on any atom is 0.338 e. The highest BCUT2D eigenvalue weighted by atomic mass is 35.5. The highest BCUT2D eigenvalue weighted by molar-refractivity contribution is 7.92. The number of anilines is 1. The molecule has 4 rings (SSSR count). The number of carbonyl (C=O) groups is 2. The maximum absolute atomic E-state index is 13.1. The molecule has 0 spiro atoms. The summed E-state index contributed by atoms with van der Waals surface area (Å²) in [4.78, 5) is 24.9. The molecule has 37 heavy (non-hydrogen) atoms. The second-order valence-electron chi connectivity index (χ2n) is 8.26. The van der Waals surface area contributed by atoms with Crippen molar-refractivity contribution in [2.45, 2.75) is 24.7 Å². The van der Waals surface area contributed by atoms with Crippen LogP contribution in [-0.2, 0) is 21.2 Å². The molecule has 0 heterocycles. The number of sulfonamides is 1. The zero-order valence-electron chi connectivity index (χ0n) is 19.8. The SMILES string of the molecule is CCOC(=O)c1ccc(CCC(=O)c2cccc3c(NS(=O)(=O)c4cc(Cl)cc(Cl)c4)cccc23)cc1. The molecule has 0 radical (unpaired) electrons. The van der Waals surface area contributed by atoms with Crippen molar-refractivity contribution in [3.63, 3.8) is 0 Å². The Hall–Kier alpha value is -3.39. The molecule has 190 valence electrons. The van der Waals surface area contributed by atoms with Crippen LogP contribution >= 0.6 is 23.2 Å². The van der Waals surface area contributed by atoms with Gasteiger partial charge >= 0.3 is 5.97 Å². The summed E-state index contributed by atoms with van der Waals surface area (Å²) in [5.74, 6) is -0.465. The number of aryl methyl sites for hydroxylation is 1. The highest BCUT2D eigenvalue weighted by Gasteiger charge is 2.19. The first-order valence-electron chi connectivity index (χ1n) is 11.5. The summed E-state index contributed by atoms with van der Waals surface area (Å²) < 4.78 is 33.6. The fourth-order valence-corrected chi connectivity index (χ4v) is 5.75. The van der Waals surface area contributed by atoms with Crippen LogP contribution in [0.1, 0.15) is 39.6 Å². The molecule has 0 aliphatic rings. The molecule has 0 amide bonds. The van der Waals surface area contributed by atoms with Gasteiger partial charge in [-0.25, -0.2) is 13.2 Å². The largest absolute Gasteiger partial charge is 0.462 e. The molecule has 0 saturated heterocycles. The summed E-state index contributed by atoms with van der Waals surface area (Å²) in [5.41, 5.74) is 2.20. The predicted octanol–water partition coefficient (Wildman–Crippen LogP) is 6.94. The summed E-state index contributed by atoms with van der Waals surface area (Å²) in [6.07, 6.45) is 0.731. The first kappa shape index (κ1) is 26.7. The lowest BCUT2D eigenvalue weighted by molar-refractivity contribution is 0.0526. The third-order valence-corrected chi connectivity index (χ3v) is 7.50. The zero-order chi connectivity index (χ0) is 26.6. The van der Waals surface area contributed by atoms with Gasteiger partial charge in [-0.3, -0.25) is 9.52 Å². The Morgan fingerprint density at radius 2 is 1.51 bits per heavy atom. The average Bonchev–Trinajstić information content (AvgIpc) is 2.87. The van der Waals surface area contributed by atoms with Gasteiger partial charge in [0, 0.05) is 27.4 Å². The zero-order valence-corrected chi connectivity index (χ0v) is 22.2. The number of fused-ring (bicyclic) bond motifs is 1. The summed E-state index contributed by atoms with van der Waals surface area (Å²) in [6, 6.07) is 21.4. The number of nitrogens with one attached hydrogen (secondary N) is 1. The molecule has 0 bridgehead atoms. The van der Waals surface area contributed by atoms with Crippen LogP contribution in [0.5, 0.6) is 0 Å². The second kappa shape index (κ2) is 11.3. The molecule has 0 atom stereocenters. The van der Waals surface area contributed by atoms with E-state index >= 15 is 0 Å². The standard InChI is InChI=1S/C28H23Cl2NO5S/c1-2-36-28(33)19-12-9-18(10-13-19)11-14-27(32)25-7-3-6-24-23(25)5-4-8-26(24)31-37(34,35)22-16-20(29)15-21(30)17-22/h3-10,12-13,15-17,31H,2,11,14H2,1H3. The molecule has 6 nitrogen and oxygen atoms in total. The van der Waals surface area contributed by atoms with Gasteiger partial charge in [0.05, 0.1) is 22.8 Å². The van der Waals surface area contributed by atoms with Crippen molar-refractivity contribution in [2.75, 3.05) is 11.3 Å². The van der Waals surface area contributed by atoms with Crippen molar-refractivity contribution < 1.29 is 22.7 Å². The average molecular weight is 556 g/mol. The number of ketones is 1. The molecular formula is C28H23Cl2NO5S. The van der Waals surface area contributed by atoms with E-state index in [1.807, 2.05) is 0 Å². The minimum Gasteiger partial charge on any atom is -0.462 e. The Morgan fingerprint density at radius 3 is 2.19 bits per heavy atom. The lowest BCUT2D eigenvalue weighted by atomic mass is 9.96. The van der Waals surface area contributed by atoms with Crippen LogP contribution in [0.3, 0.4) is 0 Å². The van der Waals surface area contributed by atoms with E-state index in [1.165, 1.54) is 18.2 Å². The van der Waals surface area contributed by atoms with Gasteiger partial charge in [-0.1, -0.05) is 65.7 Å². The van der Waals surface area contributed by atoms with Gasteiger partial charge in [0.15, 0.2) is 5.78 Å². The van der Waals surface area contributed by atoms with E-state index in [2.05, 4.69) is 4.72 Å². The van der Waals surface area contributed by atoms with Crippen molar-refractivity contribution >= 4 is 61.4 Å². The molecule has 9 heteroatoms. The van der Waals surface area contributed by atoms with Crippen molar-refractivity contribution in [1.82, 2.24) is 0 Å². The quantitative estimate of drug-likeness (QED) is 0.178. The minimum absolute atomic E-state index is 0.0665. The van der Waals surface area contributed by atoms with E-state index in [0.717, 1.165) is 5.56 Å². The van der Waals surface area contributed by atoms with E-state index in [4.69, 9.17) is 27.9 Å². The third kappa shape index (κ3) is 6.31. The summed E-state index contributed by atoms with van der Waals surface area (Å²) in [6.45, 7) is 2.05. The van der Waals surface area contributed by atoms with Crippen LogP contribution in [0.15, 0.2) is 83.8 Å². The molecule has 0 aromatic heterocycles. The number of esters is 1. The van der Waals surface area contributed by atoms with E-state index in [-0.39, 0.29) is 33.1 Å². The van der Waals surface area contributed by atoms with Crippen LogP contribution < -0.4 is 4.72 Å². The molecule has 4 aromatic carbocycles. The minimum atomic E-state index is -3.98. The number of hydrogen-bond acceptors (Lipinski definition) is 5. The monoisotopic (exact) mass is 555 g/mol. The third-order valence-electron chi connectivity index (χ3n) is 5.72. The van der Waals surface area contributed by atoms with Gasteiger partial charge < -0.3 is 4.74 Å². The molecule has 0 saturated carbocycles. The van der Waals surface area contributed by atoms with Crippen LogP contribution in [0, 0.1) is 0 Å². The Bertz CT molecular complexity index is 1560. The van der Waals surface area contributed by atoms with Gasteiger partial charge in [-0.05, 0) is 60.7 Å². The summed E-state index contributed by atoms with van der Waals surface area (Å²) >= 11 is 12.0. The molecule has 0 aliphatic carbocycles. The van der Waals surface area contributed by atoms with E-state index in [9.17, 15) is 18.0 Å². The second-order valence-corrected chi connectivity index (χ2v) is 10.8. The number of Topliss-reactive ketones (excluding diaryl/α,β-unsaturated/α-hetero) is 1. The Morgan fingerprint density at radius 1 is 0.865 bits per heavy atom. The fraction of sp³-hybridized carbons (Fsp3) is 0.143. The van der Waals surface area contributed by atoms with Crippen LogP contribution in [0.25, 0.3) is 10.8 Å². The number of carbonyl (C=O) groups excluding carboxylic acids is 2. The van der Waals surface area contributed by atoms with E-state index < -0.39 is 10.0 Å². The molecule has 4 aromatic rings. The fourth-order valence-electron chi connectivity index (χ4n) is 3.94. The smallest absolute Gasteiger partial charge is 0.338 e. The van der Waals surface area contributed by atoms with Crippen molar-refractivity contribution in [1.29, 1.82) is 0 Å². The first-order chi connectivity index (χ1) is 17.7. The van der Waals surface area contributed by atoms with Gasteiger partial charge in [-0.15, -0.1) is 0 Å². The first-order valence-corrected chi connectivity index (χ1v) is 13.7. The van der Waals surface area contributed by atoms with Gasteiger partial charge in [0.25, 0.3) is 10.0 Å². The van der Waals surface area contributed by atoms with E-state index in [0.29, 0.717) is 40.6 Å². The molecule has 0 unspecified atom stereocenters. The van der Waals surface area contributed by atoms with Crippen molar-refractivity contribution in [3.8, 4) is 0 Å². The van der Waals surface area contributed by atoms with Crippen LogP contribution in [0.2, 0.25) is 10.0 Å². The number of hydrogen-bond donors (Lipinski definition) is 1. The molecule has 0 aliphatic heterocycles. The maximum atomic E-state index is 13.1. The summed E-state index contributed by atoms with van der Waals surface area (Å²) in [7, 11) is -3.98. The van der Waals surface area contributed by atoms with Gasteiger partial charge in [0.1, 0.15) is 0 Å². The predicted molar refractivity (Wildman–Crippen MR) is 146 cm³/mol. The topological polar surface area (TPSA) is 89.5 Å². The molecule has 1 N–H and O–H groups in total. The lowest BCUT2D eigenvalue weighted by Gasteiger charge is -2.13. The molecule has 0 fully saturated rings. The molecular weight excluding hydrogens is 533 g/mol. The number of ether oxygens (including phenoxy) is 1. The van der Waals surface area contributed by atoms with Crippen LogP contribution in [0.4, 0.5) is 5.69 Å². The highest BCUT2D eigenvalue weighted by Crippen LogP contribution is 2.30. The van der Waals surface area contributed by atoms with Crippen molar-refractivity contribution in [2.24, 2.45) is 0 Å². The van der Waals surface area contributed by atoms with E-state index in [1.54, 1.807) is 67.6 Å². The lowest BCUT2D eigenvalue weighted by Crippen LogP contribution is -2.13.